The van der Waals surface area contributed by atoms with Crippen LogP contribution in [-0.4, -0.2) is 29.5 Å². The maximum absolute atomic E-state index is 13.0. The standard InChI is InChI=1S/C22H23BN2O3.H2S/c24-13-20(18-6-5-16-2-1-8-23(27)28-22(16)12-18)21(26)11-15-3-4-19-14-25-9-7-17(19)10-15;/h3-7,9-10,12,14,20,27H,1-2,8,11,13,24H2;1H2/t20-;/m1./s1. The third-order valence-corrected chi connectivity index (χ3v) is 5.36. The lowest BCUT2D eigenvalue weighted by atomic mass is 9.84. The molecule has 29 heavy (non-hydrogen) atoms. The number of hydrogen-bond donors (Lipinski definition) is 2. The zero-order valence-corrected chi connectivity index (χ0v) is 17.2. The van der Waals surface area contributed by atoms with Crippen molar-refractivity contribution in [1.29, 1.82) is 0 Å². The van der Waals surface area contributed by atoms with Crippen LogP contribution in [-0.2, 0) is 17.6 Å². The average molecular weight is 408 g/mol. The molecule has 1 atom stereocenters. The largest absolute Gasteiger partial charge is 0.536 e. The number of aryl methyl sites for hydroxylation is 1. The van der Waals surface area contributed by atoms with E-state index in [1.807, 2.05) is 48.7 Å². The number of carbonyl (C=O) groups excluding carboxylic acids is 1. The molecule has 0 saturated carbocycles. The predicted molar refractivity (Wildman–Crippen MR) is 121 cm³/mol. The van der Waals surface area contributed by atoms with Crippen LogP contribution < -0.4 is 10.4 Å². The highest BCUT2D eigenvalue weighted by Gasteiger charge is 2.24. The van der Waals surface area contributed by atoms with Crippen LogP contribution in [0.4, 0.5) is 0 Å². The van der Waals surface area contributed by atoms with Gasteiger partial charge in [-0.3, -0.25) is 9.78 Å². The van der Waals surface area contributed by atoms with E-state index in [-0.39, 0.29) is 25.8 Å². The van der Waals surface area contributed by atoms with Gasteiger partial charge >= 0.3 is 7.12 Å². The molecule has 0 radical (unpaired) electrons. The second-order valence-corrected chi connectivity index (χ2v) is 7.32. The van der Waals surface area contributed by atoms with Crippen LogP contribution in [0.1, 0.15) is 29.0 Å². The Morgan fingerprint density at radius 3 is 2.90 bits per heavy atom. The zero-order chi connectivity index (χ0) is 19.5. The lowest BCUT2D eigenvalue weighted by molar-refractivity contribution is -0.119. The van der Waals surface area contributed by atoms with Crippen molar-refractivity contribution in [3.63, 3.8) is 0 Å². The van der Waals surface area contributed by atoms with E-state index in [0.29, 0.717) is 18.5 Å². The molecule has 5 nitrogen and oxygen atoms in total. The SMILES string of the molecule is NC[C@@H](C(=O)Cc1ccc2cnccc2c1)c1ccc2c(c1)OB(O)CCC2.S. The molecule has 0 saturated heterocycles. The number of hydrogen-bond acceptors (Lipinski definition) is 5. The highest BCUT2D eigenvalue weighted by molar-refractivity contribution is 7.59. The summed E-state index contributed by atoms with van der Waals surface area (Å²) in [6.45, 7) is 0.234. The average Bonchev–Trinajstić information content (AvgIpc) is 2.88. The highest BCUT2D eigenvalue weighted by Crippen LogP contribution is 2.30. The molecule has 3 aromatic rings. The van der Waals surface area contributed by atoms with Crippen molar-refractivity contribution in [2.24, 2.45) is 5.73 Å². The van der Waals surface area contributed by atoms with Crippen molar-refractivity contribution in [1.82, 2.24) is 4.98 Å². The Morgan fingerprint density at radius 2 is 2.07 bits per heavy atom. The van der Waals surface area contributed by atoms with Crippen molar-refractivity contribution < 1.29 is 14.5 Å². The lowest BCUT2D eigenvalue weighted by Crippen LogP contribution is -2.24. The van der Waals surface area contributed by atoms with Gasteiger partial charge in [-0.15, -0.1) is 0 Å². The van der Waals surface area contributed by atoms with Crippen LogP contribution in [0, 0.1) is 0 Å². The number of nitrogens with zero attached hydrogens (tertiary/aromatic N) is 1. The van der Waals surface area contributed by atoms with E-state index in [0.717, 1.165) is 40.3 Å². The summed E-state index contributed by atoms with van der Waals surface area (Å²) in [7, 11) is -0.796. The van der Waals surface area contributed by atoms with Gasteiger partial charge in [-0.25, -0.2) is 0 Å². The Bertz CT molecular complexity index is 1010. The monoisotopic (exact) mass is 408 g/mol. The number of pyridine rings is 1. The summed E-state index contributed by atoms with van der Waals surface area (Å²) in [6.07, 6.45) is 6.24. The van der Waals surface area contributed by atoms with Crippen molar-refractivity contribution in [3.05, 3.63) is 71.5 Å². The van der Waals surface area contributed by atoms with Crippen LogP contribution in [0.15, 0.2) is 54.9 Å². The Balaban J connectivity index is 0.00000240. The Kier molecular flexibility index (Phi) is 6.95. The van der Waals surface area contributed by atoms with E-state index in [1.165, 1.54) is 0 Å². The summed E-state index contributed by atoms with van der Waals surface area (Å²) in [5.41, 5.74) is 8.83. The minimum absolute atomic E-state index is 0. The van der Waals surface area contributed by atoms with Gasteiger partial charge in [-0.1, -0.05) is 30.3 Å². The van der Waals surface area contributed by atoms with Crippen molar-refractivity contribution >= 4 is 37.2 Å². The Labute approximate surface area is 177 Å². The van der Waals surface area contributed by atoms with Crippen molar-refractivity contribution in [2.45, 2.75) is 31.5 Å². The molecule has 150 valence electrons. The molecule has 1 aromatic heterocycles. The number of ketones is 1. The van der Waals surface area contributed by atoms with Crippen LogP contribution in [0.2, 0.25) is 6.32 Å². The molecule has 2 heterocycles. The number of carbonyl (C=O) groups is 1. The van der Waals surface area contributed by atoms with E-state index in [9.17, 15) is 9.82 Å². The van der Waals surface area contributed by atoms with Gasteiger partial charge in [-0.05, 0) is 53.4 Å². The summed E-state index contributed by atoms with van der Waals surface area (Å²) >= 11 is 0. The van der Waals surface area contributed by atoms with Gasteiger partial charge in [0.2, 0.25) is 0 Å². The molecule has 7 heteroatoms. The fraction of sp³-hybridized carbons (Fsp3) is 0.273. The minimum Gasteiger partial charge on any atom is -0.536 e. The van der Waals surface area contributed by atoms with Gasteiger partial charge in [0.05, 0.1) is 5.92 Å². The first-order valence-corrected chi connectivity index (χ1v) is 9.67. The fourth-order valence-electron chi connectivity index (χ4n) is 3.80. The summed E-state index contributed by atoms with van der Waals surface area (Å²) < 4.78 is 5.64. The molecular weight excluding hydrogens is 383 g/mol. The summed E-state index contributed by atoms with van der Waals surface area (Å²) in [5.74, 6) is 0.333. The number of aromatic nitrogens is 1. The summed E-state index contributed by atoms with van der Waals surface area (Å²) in [5, 5.41) is 12.0. The van der Waals surface area contributed by atoms with Crippen LogP contribution in [0.5, 0.6) is 5.75 Å². The first-order chi connectivity index (χ1) is 13.6. The van der Waals surface area contributed by atoms with Crippen molar-refractivity contribution in [3.8, 4) is 5.75 Å². The molecule has 0 spiro atoms. The smallest absolute Gasteiger partial charge is 0.522 e. The van der Waals surface area contributed by atoms with Crippen LogP contribution in [0.25, 0.3) is 10.8 Å². The third kappa shape index (κ3) is 4.81. The van der Waals surface area contributed by atoms with Gasteiger partial charge in [-0.2, -0.15) is 13.5 Å². The topological polar surface area (TPSA) is 85.4 Å². The predicted octanol–water partition coefficient (Wildman–Crippen LogP) is 3.01. The van der Waals surface area contributed by atoms with Gasteiger partial charge in [0.25, 0.3) is 0 Å². The quantitative estimate of drug-likeness (QED) is 0.634. The molecule has 0 bridgehead atoms. The third-order valence-electron chi connectivity index (χ3n) is 5.36. The molecule has 0 fully saturated rings. The lowest BCUT2D eigenvalue weighted by Gasteiger charge is -2.17. The number of rotatable bonds is 5. The van der Waals surface area contributed by atoms with E-state index in [4.69, 9.17) is 10.4 Å². The number of benzene rings is 2. The normalized spacial score (nSPS) is 14.3. The molecule has 3 N–H and O–H groups in total. The van der Waals surface area contributed by atoms with Gasteiger partial charge in [0, 0.05) is 30.7 Å². The number of nitrogens with two attached hydrogens (primary N) is 1. The molecule has 0 amide bonds. The number of Topliss-reactive ketones (excluding diaryl/α,β-unsaturated/α-hetero) is 1. The molecule has 0 unspecified atom stereocenters. The maximum Gasteiger partial charge on any atom is 0.522 e. The van der Waals surface area contributed by atoms with E-state index < -0.39 is 13.0 Å². The van der Waals surface area contributed by atoms with Gasteiger partial charge < -0.3 is 15.4 Å². The van der Waals surface area contributed by atoms with E-state index in [1.54, 1.807) is 6.20 Å². The van der Waals surface area contributed by atoms with Crippen LogP contribution in [0.3, 0.4) is 0 Å². The molecule has 2 aromatic carbocycles. The second-order valence-electron chi connectivity index (χ2n) is 7.32. The minimum atomic E-state index is -0.796. The van der Waals surface area contributed by atoms with E-state index in [2.05, 4.69) is 4.98 Å². The van der Waals surface area contributed by atoms with Gasteiger partial charge in [0.15, 0.2) is 0 Å². The summed E-state index contributed by atoms with van der Waals surface area (Å²) in [4.78, 5) is 17.1. The second kappa shape index (κ2) is 9.44. The van der Waals surface area contributed by atoms with Gasteiger partial charge in [0.1, 0.15) is 11.5 Å². The molecule has 1 aliphatic heterocycles. The van der Waals surface area contributed by atoms with Crippen molar-refractivity contribution in [2.75, 3.05) is 6.54 Å². The highest BCUT2D eigenvalue weighted by atomic mass is 32.1. The first kappa shape index (κ1) is 21.4. The summed E-state index contributed by atoms with van der Waals surface area (Å²) in [6, 6.07) is 13.7. The fourth-order valence-corrected chi connectivity index (χ4v) is 3.80. The molecule has 4 rings (SSSR count). The first-order valence-electron chi connectivity index (χ1n) is 9.67. The molecule has 0 aliphatic carbocycles. The maximum atomic E-state index is 13.0. The zero-order valence-electron chi connectivity index (χ0n) is 16.2. The van der Waals surface area contributed by atoms with E-state index >= 15 is 0 Å². The Morgan fingerprint density at radius 1 is 1.21 bits per heavy atom. The molecular formula is C22H25BN2O3S. The number of fused-ring (bicyclic) bond motifs is 2. The molecule has 1 aliphatic rings. The van der Waals surface area contributed by atoms with Crippen LogP contribution >= 0.6 is 13.5 Å². The Hall–Kier alpha value is -2.35.